The van der Waals surface area contributed by atoms with E-state index in [0.29, 0.717) is 5.69 Å². The highest BCUT2D eigenvalue weighted by molar-refractivity contribution is 5.27. The van der Waals surface area contributed by atoms with E-state index < -0.39 is 4.92 Å². The molecule has 0 aliphatic heterocycles. The van der Waals surface area contributed by atoms with Gasteiger partial charge in [0.25, 0.3) is 0 Å². The van der Waals surface area contributed by atoms with E-state index in [1.165, 1.54) is 6.07 Å². The van der Waals surface area contributed by atoms with E-state index in [0.717, 1.165) is 5.56 Å². The SMILES string of the molecule is Cc1ccc([N+](=O)[O-])nc1C.N. The van der Waals surface area contributed by atoms with Gasteiger partial charge in [0.05, 0.1) is 0 Å². The molecule has 0 atom stereocenters. The average molecular weight is 169 g/mol. The van der Waals surface area contributed by atoms with Gasteiger partial charge < -0.3 is 16.3 Å². The van der Waals surface area contributed by atoms with Crippen LogP contribution in [0, 0.1) is 24.0 Å². The number of nitro groups is 1. The molecule has 1 aromatic rings. The lowest BCUT2D eigenvalue weighted by molar-refractivity contribution is -0.389. The maximum absolute atomic E-state index is 10.2. The number of pyridine rings is 1. The second-order valence-corrected chi connectivity index (χ2v) is 2.33. The van der Waals surface area contributed by atoms with Gasteiger partial charge in [-0.3, -0.25) is 0 Å². The van der Waals surface area contributed by atoms with Crippen molar-refractivity contribution in [1.82, 2.24) is 11.1 Å². The molecule has 0 aliphatic carbocycles. The third kappa shape index (κ3) is 2.00. The van der Waals surface area contributed by atoms with Gasteiger partial charge in [0.1, 0.15) is 0 Å². The van der Waals surface area contributed by atoms with Crippen LogP contribution in [0.1, 0.15) is 11.3 Å². The fourth-order valence-corrected chi connectivity index (χ4v) is 0.719. The molecule has 0 saturated carbocycles. The van der Waals surface area contributed by atoms with Crippen molar-refractivity contribution >= 4 is 5.82 Å². The van der Waals surface area contributed by atoms with Crippen LogP contribution in [0.15, 0.2) is 12.1 Å². The van der Waals surface area contributed by atoms with Crippen LogP contribution < -0.4 is 6.15 Å². The van der Waals surface area contributed by atoms with Crippen molar-refractivity contribution in [2.75, 3.05) is 0 Å². The van der Waals surface area contributed by atoms with Crippen molar-refractivity contribution in [3.63, 3.8) is 0 Å². The molecule has 1 heterocycles. The molecule has 12 heavy (non-hydrogen) atoms. The van der Waals surface area contributed by atoms with Crippen LogP contribution in [-0.4, -0.2) is 9.91 Å². The van der Waals surface area contributed by atoms with Gasteiger partial charge in [-0.25, -0.2) is 0 Å². The molecule has 66 valence electrons. The van der Waals surface area contributed by atoms with E-state index >= 15 is 0 Å². The second kappa shape index (κ2) is 3.77. The molecule has 0 aromatic carbocycles. The summed E-state index contributed by atoms with van der Waals surface area (Å²) in [6.45, 7) is 3.62. The third-order valence-electron chi connectivity index (χ3n) is 1.52. The summed E-state index contributed by atoms with van der Waals surface area (Å²) in [6.07, 6.45) is 0. The summed E-state index contributed by atoms with van der Waals surface area (Å²) >= 11 is 0. The quantitative estimate of drug-likeness (QED) is 0.512. The number of aromatic nitrogens is 1. The van der Waals surface area contributed by atoms with E-state index in [2.05, 4.69) is 4.98 Å². The molecule has 0 fully saturated rings. The van der Waals surface area contributed by atoms with Crippen molar-refractivity contribution in [3.05, 3.63) is 33.5 Å². The molecule has 0 unspecified atom stereocenters. The zero-order chi connectivity index (χ0) is 8.43. The van der Waals surface area contributed by atoms with Crippen LogP contribution in [0.4, 0.5) is 5.82 Å². The van der Waals surface area contributed by atoms with Crippen molar-refractivity contribution in [1.29, 1.82) is 0 Å². The maximum atomic E-state index is 10.2. The van der Waals surface area contributed by atoms with Gasteiger partial charge in [-0.2, -0.15) is 0 Å². The van der Waals surface area contributed by atoms with Gasteiger partial charge in [0.15, 0.2) is 5.69 Å². The van der Waals surface area contributed by atoms with Crippen LogP contribution >= 0.6 is 0 Å². The average Bonchev–Trinajstić information content (AvgIpc) is 1.94. The lowest BCUT2D eigenvalue weighted by Gasteiger charge is -1.94. The normalized spacial score (nSPS) is 8.83. The van der Waals surface area contributed by atoms with Crippen molar-refractivity contribution in [2.24, 2.45) is 0 Å². The van der Waals surface area contributed by atoms with E-state index in [4.69, 9.17) is 0 Å². The summed E-state index contributed by atoms with van der Waals surface area (Å²) in [5, 5.41) is 10.2. The zero-order valence-electron chi connectivity index (χ0n) is 7.07. The molecule has 5 nitrogen and oxygen atoms in total. The van der Waals surface area contributed by atoms with E-state index in [1.807, 2.05) is 6.92 Å². The first-order valence-electron chi connectivity index (χ1n) is 3.20. The van der Waals surface area contributed by atoms with Gasteiger partial charge in [0, 0.05) is 13.0 Å². The Labute approximate surface area is 70.2 Å². The van der Waals surface area contributed by atoms with Crippen LogP contribution in [0.5, 0.6) is 0 Å². The molecule has 0 spiro atoms. The Kier molecular flexibility index (Phi) is 3.30. The molecular weight excluding hydrogens is 158 g/mol. The van der Waals surface area contributed by atoms with Gasteiger partial charge in [-0.1, -0.05) is 0 Å². The number of aryl methyl sites for hydroxylation is 2. The Morgan fingerprint density at radius 3 is 2.42 bits per heavy atom. The minimum atomic E-state index is -0.494. The Morgan fingerprint density at radius 2 is 2.00 bits per heavy atom. The van der Waals surface area contributed by atoms with Gasteiger partial charge in [0.2, 0.25) is 0 Å². The summed E-state index contributed by atoms with van der Waals surface area (Å²) in [7, 11) is 0. The lowest BCUT2D eigenvalue weighted by Crippen LogP contribution is -1.94. The van der Waals surface area contributed by atoms with E-state index in [1.54, 1.807) is 13.0 Å². The van der Waals surface area contributed by atoms with Crippen molar-refractivity contribution < 1.29 is 4.92 Å². The molecule has 0 radical (unpaired) electrons. The van der Waals surface area contributed by atoms with Crippen LogP contribution in [0.3, 0.4) is 0 Å². The zero-order valence-corrected chi connectivity index (χ0v) is 7.07. The molecule has 0 bridgehead atoms. The van der Waals surface area contributed by atoms with Crippen molar-refractivity contribution in [3.8, 4) is 0 Å². The van der Waals surface area contributed by atoms with E-state index in [9.17, 15) is 10.1 Å². The standard InChI is InChI=1S/C7H8N2O2.H3N/c1-5-3-4-7(9(10)11)8-6(5)2;/h3-4H,1-2H3;1H3. The first kappa shape index (κ1) is 10.5. The molecule has 0 amide bonds. The summed E-state index contributed by atoms with van der Waals surface area (Å²) in [6, 6.07) is 3.10. The molecule has 0 saturated heterocycles. The fraction of sp³-hybridized carbons (Fsp3) is 0.286. The number of nitrogens with zero attached hydrogens (tertiary/aromatic N) is 2. The maximum Gasteiger partial charge on any atom is 0.363 e. The molecule has 0 aliphatic rings. The highest BCUT2D eigenvalue weighted by atomic mass is 16.6. The molecule has 1 aromatic heterocycles. The third-order valence-corrected chi connectivity index (χ3v) is 1.52. The number of rotatable bonds is 1. The summed E-state index contributed by atoms with van der Waals surface area (Å²) in [5.74, 6) is -0.0897. The predicted octanol–water partition coefficient (Wildman–Crippen LogP) is 1.77. The Balaban J connectivity index is 0.00000121. The van der Waals surface area contributed by atoms with E-state index in [-0.39, 0.29) is 12.0 Å². The number of hydrogen-bond acceptors (Lipinski definition) is 4. The topological polar surface area (TPSA) is 91.0 Å². The van der Waals surface area contributed by atoms with Gasteiger partial charge in [-0.15, -0.1) is 0 Å². The summed E-state index contributed by atoms with van der Waals surface area (Å²) < 4.78 is 0. The van der Waals surface area contributed by atoms with Gasteiger partial charge >= 0.3 is 5.82 Å². The van der Waals surface area contributed by atoms with Crippen molar-refractivity contribution in [2.45, 2.75) is 13.8 Å². The molecule has 5 heteroatoms. The van der Waals surface area contributed by atoms with Crippen LogP contribution in [0.25, 0.3) is 0 Å². The largest absolute Gasteiger partial charge is 0.363 e. The smallest absolute Gasteiger partial charge is 0.358 e. The Morgan fingerprint density at radius 1 is 1.42 bits per heavy atom. The molecular formula is C7H11N3O2. The van der Waals surface area contributed by atoms with Crippen LogP contribution in [-0.2, 0) is 0 Å². The first-order chi connectivity index (χ1) is 5.11. The predicted molar refractivity (Wildman–Crippen MR) is 45.4 cm³/mol. The minimum Gasteiger partial charge on any atom is -0.358 e. The minimum absolute atomic E-state index is 0. The fourth-order valence-electron chi connectivity index (χ4n) is 0.719. The molecule has 3 N–H and O–H groups in total. The Hall–Kier alpha value is -1.49. The van der Waals surface area contributed by atoms with Gasteiger partial charge in [-0.05, 0) is 28.5 Å². The summed E-state index contributed by atoms with van der Waals surface area (Å²) in [4.78, 5) is 13.5. The highest BCUT2D eigenvalue weighted by Crippen LogP contribution is 2.10. The number of hydrogen-bond donors (Lipinski definition) is 1. The Bertz CT molecular complexity index is 299. The second-order valence-electron chi connectivity index (χ2n) is 2.33. The molecule has 1 rings (SSSR count). The lowest BCUT2D eigenvalue weighted by atomic mass is 10.2. The monoisotopic (exact) mass is 169 g/mol. The summed E-state index contributed by atoms with van der Waals surface area (Å²) in [5.41, 5.74) is 1.68. The van der Waals surface area contributed by atoms with Crippen LogP contribution in [0.2, 0.25) is 0 Å². The first-order valence-corrected chi connectivity index (χ1v) is 3.20. The highest BCUT2D eigenvalue weighted by Gasteiger charge is 2.07.